The van der Waals surface area contributed by atoms with Crippen molar-refractivity contribution in [2.24, 2.45) is 0 Å². The second-order valence-corrected chi connectivity index (χ2v) is 6.87. The molecule has 6 heteroatoms. The number of carbonyl (C=O) groups excluding carboxylic acids is 1. The molecule has 0 spiro atoms. The van der Waals surface area contributed by atoms with E-state index in [9.17, 15) is 14.7 Å². The number of hydrogen-bond acceptors (Lipinski definition) is 4. The molecule has 0 radical (unpaired) electrons. The van der Waals surface area contributed by atoms with E-state index in [0.717, 1.165) is 30.2 Å². The molecule has 2 unspecified atom stereocenters. The summed E-state index contributed by atoms with van der Waals surface area (Å²) in [7, 11) is 0. The van der Waals surface area contributed by atoms with Gasteiger partial charge in [0.05, 0.1) is 0 Å². The van der Waals surface area contributed by atoms with E-state index in [0.29, 0.717) is 12.8 Å². The van der Waals surface area contributed by atoms with Gasteiger partial charge in [-0.15, -0.1) is 0 Å². The van der Waals surface area contributed by atoms with Crippen LogP contribution in [0.2, 0.25) is 0 Å². The van der Waals surface area contributed by atoms with Crippen LogP contribution < -0.4 is 5.32 Å². The van der Waals surface area contributed by atoms with Gasteiger partial charge in [-0.05, 0) is 12.0 Å². The van der Waals surface area contributed by atoms with Gasteiger partial charge in [-0.1, -0.05) is 43.7 Å². The summed E-state index contributed by atoms with van der Waals surface area (Å²) >= 11 is 1.88. The summed E-state index contributed by atoms with van der Waals surface area (Å²) in [6.45, 7) is 3.59. The summed E-state index contributed by atoms with van der Waals surface area (Å²) in [4.78, 5) is 26.3. The molecule has 1 aromatic carbocycles. The first kappa shape index (κ1) is 17.8. The highest BCUT2D eigenvalue weighted by Crippen LogP contribution is 2.24. The van der Waals surface area contributed by atoms with E-state index in [4.69, 9.17) is 0 Å². The number of hydrogen-bond donors (Lipinski definition) is 2. The Morgan fingerprint density at radius 2 is 1.91 bits per heavy atom. The SMILES string of the molecule is CCCC(NC(=O)C(c1ccccc1)N1CCSCC1)C(=O)O. The van der Waals surface area contributed by atoms with E-state index in [1.54, 1.807) is 0 Å². The number of carboxylic acid groups (broad SMARTS) is 1. The van der Waals surface area contributed by atoms with E-state index in [1.165, 1.54) is 0 Å². The van der Waals surface area contributed by atoms with E-state index in [1.807, 2.05) is 49.0 Å². The summed E-state index contributed by atoms with van der Waals surface area (Å²) in [6, 6.07) is 8.36. The van der Waals surface area contributed by atoms with Crippen molar-refractivity contribution >= 4 is 23.6 Å². The molecule has 1 amide bonds. The standard InChI is InChI=1S/C17H24N2O3S/c1-2-6-14(17(21)22)18-16(20)15(13-7-4-3-5-8-13)19-9-11-23-12-10-19/h3-5,7-8,14-15H,2,6,9-12H2,1H3,(H,18,20)(H,21,22). The molecular weight excluding hydrogens is 312 g/mol. The Kier molecular flexibility index (Phi) is 6.92. The number of amides is 1. The van der Waals surface area contributed by atoms with Crippen molar-refractivity contribution in [3.8, 4) is 0 Å². The lowest BCUT2D eigenvalue weighted by molar-refractivity contribution is -0.143. The van der Waals surface area contributed by atoms with Crippen LogP contribution in [0.15, 0.2) is 30.3 Å². The first-order chi connectivity index (χ1) is 11.1. The number of carbonyl (C=O) groups is 2. The molecule has 2 rings (SSSR count). The second kappa shape index (κ2) is 8.93. The average molecular weight is 336 g/mol. The Morgan fingerprint density at radius 1 is 1.26 bits per heavy atom. The molecule has 1 aromatic rings. The minimum atomic E-state index is -0.971. The fourth-order valence-corrected chi connectivity index (χ4v) is 3.73. The van der Waals surface area contributed by atoms with Crippen LogP contribution >= 0.6 is 11.8 Å². The number of carboxylic acids is 1. The predicted molar refractivity (Wildman–Crippen MR) is 92.6 cm³/mol. The molecular formula is C17H24N2O3S. The summed E-state index contributed by atoms with van der Waals surface area (Å²) < 4.78 is 0. The fourth-order valence-electron chi connectivity index (χ4n) is 2.80. The number of rotatable bonds is 7. The van der Waals surface area contributed by atoms with Crippen molar-refractivity contribution in [1.29, 1.82) is 0 Å². The minimum Gasteiger partial charge on any atom is -0.480 e. The summed E-state index contributed by atoms with van der Waals surface area (Å²) in [5.74, 6) is 0.798. The molecule has 126 valence electrons. The maximum absolute atomic E-state index is 12.8. The Balaban J connectivity index is 2.18. The van der Waals surface area contributed by atoms with Gasteiger partial charge < -0.3 is 10.4 Å². The van der Waals surface area contributed by atoms with Gasteiger partial charge in [0.1, 0.15) is 12.1 Å². The van der Waals surface area contributed by atoms with Crippen LogP contribution in [0.25, 0.3) is 0 Å². The van der Waals surface area contributed by atoms with Gasteiger partial charge in [-0.3, -0.25) is 9.69 Å². The van der Waals surface area contributed by atoms with Crippen LogP contribution in [0, 0.1) is 0 Å². The zero-order valence-corrected chi connectivity index (χ0v) is 14.2. The van der Waals surface area contributed by atoms with Gasteiger partial charge >= 0.3 is 5.97 Å². The van der Waals surface area contributed by atoms with Gasteiger partial charge in [0.2, 0.25) is 5.91 Å². The molecule has 1 heterocycles. The highest BCUT2D eigenvalue weighted by Gasteiger charge is 2.31. The first-order valence-corrected chi connectivity index (χ1v) is 9.19. The topological polar surface area (TPSA) is 69.6 Å². The maximum Gasteiger partial charge on any atom is 0.326 e. The molecule has 2 N–H and O–H groups in total. The smallest absolute Gasteiger partial charge is 0.326 e. The lowest BCUT2D eigenvalue weighted by Gasteiger charge is -2.34. The molecule has 0 saturated carbocycles. The summed E-state index contributed by atoms with van der Waals surface area (Å²) in [5, 5.41) is 12.0. The lowest BCUT2D eigenvalue weighted by atomic mass is 10.0. The monoisotopic (exact) mass is 336 g/mol. The van der Waals surface area contributed by atoms with Crippen LogP contribution in [-0.2, 0) is 9.59 Å². The Hall–Kier alpha value is -1.53. The zero-order chi connectivity index (χ0) is 16.7. The number of nitrogens with zero attached hydrogens (tertiary/aromatic N) is 1. The van der Waals surface area contributed by atoms with Crippen molar-refractivity contribution in [2.45, 2.75) is 31.8 Å². The predicted octanol–water partition coefficient (Wildman–Crippen LogP) is 2.15. The third-order valence-electron chi connectivity index (χ3n) is 3.97. The minimum absolute atomic E-state index is 0.219. The number of thioether (sulfide) groups is 1. The van der Waals surface area contributed by atoms with Crippen molar-refractivity contribution in [1.82, 2.24) is 10.2 Å². The number of nitrogens with one attached hydrogen (secondary N) is 1. The maximum atomic E-state index is 12.8. The van der Waals surface area contributed by atoms with Crippen LogP contribution in [0.4, 0.5) is 0 Å². The van der Waals surface area contributed by atoms with Gasteiger partial charge in [0.25, 0.3) is 0 Å². The summed E-state index contributed by atoms with van der Waals surface area (Å²) in [6.07, 6.45) is 1.16. The largest absolute Gasteiger partial charge is 0.480 e. The molecule has 2 atom stereocenters. The van der Waals surface area contributed by atoms with E-state index < -0.39 is 18.1 Å². The quantitative estimate of drug-likeness (QED) is 0.798. The first-order valence-electron chi connectivity index (χ1n) is 8.03. The highest BCUT2D eigenvalue weighted by atomic mass is 32.2. The Bertz CT molecular complexity index is 518. The molecule has 1 aliphatic heterocycles. The number of benzene rings is 1. The van der Waals surface area contributed by atoms with Gasteiger partial charge in [0, 0.05) is 24.6 Å². The van der Waals surface area contributed by atoms with Gasteiger partial charge in [-0.25, -0.2) is 4.79 Å². The van der Waals surface area contributed by atoms with E-state index in [-0.39, 0.29) is 5.91 Å². The third kappa shape index (κ3) is 4.97. The average Bonchev–Trinajstić information content (AvgIpc) is 2.56. The van der Waals surface area contributed by atoms with Crippen molar-refractivity contribution in [3.63, 3.8) is 0 Å². The summed E-state index contributed by atoms with van der Waals surface area (Å²) in [5.41, 5.74) is 0.914. The molecule has 1 aliphatic rings. The zero-order valence-electron chi connectivity index (χ0n) is 13.4. The van der Waals surface area contributed by atoms with Crippen LogP contribution in [-0.4, -0.2) is 52.5 Å². The van der Waals surface area contributed by atoms with Crippen LogP contribution in [0.1, 0.15) is 31.4 Å². The van der Waals surface area contributed by atoms with Gasteiger partial charge in [0.15, 0.2) is 0 Å². The molecule has 0 aliphatic carbocycles. The molecule has 23 heavy (non-hydrogen) atoms. The van der Waals surface area contributed by atoms with E-state index >= 15 is 0 Å². The van der Waals surface area contributed by atoms with Crippen LogP contribution in [0.3, 0.4) is 0 Å². The Morgan fingerprint density at radius 3 is 2.48 bits per heavy atom. The second-order valence-electron chi connectivity index (χ2n) is 5.65. The molecule has 1 saturated heterocycles. The molecule has 1 fully saturated rings. The van der Waals surface area contributed by atoms with Crippen LogP contribution in [0.5, 0.6) is 0 Å². The lowest BCUT2D eigenvalue weighted by Crippen LogP contribution is -2.49. The van der Waals surface area contributed by atoms with Crippen molar-refractivity contribution in [3.05, 3.63) is 35.9 Å². The van der Waals surface area contributed by atoms with Gasteiger partial charge in [-0.2, -0.15) is 11.8 Å². The Labute approximate surface area is 141 Å². The molecule has 0 aromatic heterocycles. The fraction of sp³-hybridized carbons (Fsp3) is 0.529. The van der Waals surface area contributed by atoms with Crippen molar-refractivity contribution < 1.29 is 14.7 Å². The van der Waals surface area contributed by atoms with Crippen molar-refractivity contribution in [2.75, 3.05) is 24.6 Å². The third-order valence-corrected chi connectivity index (χ3v) is 4.91. The molecule has 5 nitrogen and oxygen atoms in total. The highest BCUT2D eigenvalue weighted by molar-refractivity contribution is 7.99. The molecule has 0 bridgehead atoms. The number of aliphatic carboxylic acids is 1. The normalized spacial score (nSPS) is 18.1. The van der Waals surface area contributed by atoms with E-state index in [2.05, 4.69) is 10.2 Å².